The molecule has 0 saturated carbocycles. The van der Waals surface area contributed by atoms with Crippen molar-refractivity contribution < 1.29 is 23.1 Å². The van der Waals surface area contributed by atoms with Crippen LogP contribution in [-0.2, 0) is 7.05 Å². The summed E-state index contributed by atoms with van der Waals surface area (Å²) in [6.07, 6.45) is 0.0747. The van der Waals surface area contributed by atoms with Crippen LogP contribution in [0.5, 0.6) is 5.75 Å². The molecule has 0 aliphatic carbocycles. The summed E-state index contributed by atoms with van der Waals surface area (Å²) < 4.78 is 34.5. The van der Waals surface area contributed by atoms with E-state index in [1.807, 2.05) is 52.1 Å². The van der Waals surface area contributed by atoms with Gasteiger partial charge in [0.1, 0.15) is 23.2 Å². The molecule has 0 atom stereocenters. The van der Waals surface area contributed by atoms with Gasteiger partial charge in [0.25, 0.3) is 5.91 Å². The molecule has 0 aliphatic heterocycles. The second-order valence-corrected chi connectivity index (χ2v) is 13.5. The molecule has 5 rings (SSSR count). The molecule has 0 aliphatic rings. The molecule has 252 valence electrons. The number of carbonyl (C=O) groups excluding carboxylic acids is 2. The van der Waals surface area contributed by atoms with Crippen LogP contribution in [-0.4, -0.2) is 33.1 Å². The van der Waals surface area contributed by atoms with Crippen molar-refractivity contribution in [3.63, 3.8) is 0 Å². The number of Topliss-reactive ketones (excluding diaryl/α,β-unsaturated/α-hetero) is 1. The number of nitrogens with zero attached hydrogens (tertiary/aromatic N) is 2. The van der Waals surface area contributed by atoms with Crippen molar-refractivity contribution in [1.29, 1.82) is 0 Å². The normalized spacial score (nSPS) is 11.2. The molecule has 3 aromatic carbocycles. The Kier molecular flexibility index (Phi) is 11.4. The van der Waals surface area contributed by atoms with Crippen molar-refractivity contribution in [3.05, 3.63) is 116 Å². The molecule has 5 aromatic rings. The van der Waals surface area contributed by atoms with E-state index in [0.717, 1.165) is 16.9 Å². The molecule has 0 unspecified atom stereocenters. The Bertz CT molecular complexity index is 1950. The second kappa shape index (κ2) is 15.1. The minimum atomic E-state index is -1.00. The van der Waals surface area contributed by atoms with Gasteiger partial charge in [-0.2, -0.15) is 5.10 Å². The molecule has 7 nitrogen and oxygen atoms in total. The number of ether oxygens (including phenoxy) is 1. The van der Waals surface area contributed by atoms with Crippen LogP contribution in [0.4, 0.5) is 20.3 Å². The number of anilines is 2. The van der Waals surface area contributed by atoms with Gasteiger partial charge in [-0.25, -0.2) is 8.78 Å². The summed E-state index contributed by atoms with van der Waals surface area (Å²) in [5.74, 6) is 0.194. The molecule has 0 saturated heterocycles. The number of rotatable bonds is 9. The highest BCUT2D eigenvalue weighted by Gasteiger charge is 2.32. The molecule has 2 aromatic heterocycles. The van der Waals surface area contributed by atoms with Crippen molar-refractivity contribution >= 4 is 46.1 Å². The Morgan fingerprint density at radius 3 is 2.29 bits per heavy atom. The number of thiophene rings is 1. The number of nitrogens with one attached hydrogen (secondary N) is 2. The quantitative estimate of drug-likeness (QED) is 0.150. The van der Waals surface area contributed by atoms with Crippen molar-refractivity contribution in [1.82, 2.24) is 15.1 Å². The maximum atomic E-state index is 13.9. The number of benzene rings is 3. The van der Waals surface area contributed by atoms with Crippen LogP contribution in [0.25, 0.3) is 11.1 Å². The highest BCUT2D eigenvalue weighted by molar-refractivity contribution is 7.12. The van der Waals surface area contributed by atoms with E-state index in [2.05, 4.69) is 15.7 Å². The zero-order chi connectivity index (χ0) is 35.3. The zero-order valence-corrected chi connectivity index (χ0v) is 29.7. The average Bonchev–Trinajstić information content (AvgIpc) is 3.55. The highest BCUT2D eigenvalue weighted by atomic mass is 35.5. The third-order valence-electron chi connectivity index (χ3n) is 7.43. The maximum Gasteiger partial charge on any atom is 0.262 e. The lowest BCUT2D eigenvalue weighted by Gasteiger charge is -2.25. The molecule has 0 bridgehead atoms. The Labute approximate surface area is 288 Å². The fourth-order valence-electron chi connectivity index (χ4n) is 5.08. The van der Waals surface area contributed by atoms with Gasteiger partial charge in [0.05, 0.1) is 32.9 Å². The van der Waals surface area contributed by atoms with Crippen LogP contribution < -0.4 is 15.4 Å². The first-order valence-electron chi connectivity index (χ1n) is 15.3. The van der Waals surface area contributed by atoms with Gasteiger partial charge >= 0.3 is 0 Å². The number of para-hydroxylation sites is 1. The van der Waals surface area contributed by atoms with E-state index < -0.39 is 11.4 Å². The standard InChI is InChI=1S/C20H25NO3S.C17H14ClF2N3/c1-12(2)24-15-7-8-16(14(4)11-15)18(22)20(5,6)21-19(23)17-13(3)9-10-25-17;1-10-16(12-8-7-11(19)9-13(12)18)17(23(2)22-10)21-15-6-4-3-5-14(15)20/h7-12H,1-6H3,(H,21,23);3-9,21H,1-2H3. The van der Waals surface area contributed by atoms with Crippen LogP contribution in [0, 0.1) is 32.4 Å². The lowest BCUT2D eigenvalue weighted by molar-refractivity contribution is 0.0799. The Balaban J connectivity index is 0.000000217. The molecule has 0 fully saturated rings. The number of aryl methyl sites for hydroxylation is 4. The summed E-state index contributed by atoms with van der Waals surface area (Å²) in [6, 6.07) is 17.8. The van der Waals surface area contributed by atoms with Gasteiger partial charge in [-0.05, 0) is 120 Å². The van der Waals surface area contributed by atoms with E-state index >= 15 is 0 Å². The Morgan fingerprint density at radius 1 is 0.979 bits per heavy atom. The van der Waals surface area contributed by atoms with Gasteiger partial charge in [0.2, 0.25) is 0 Å². The first-order valence-corrected chi connectivity index (χ1v) is 16.5. The first kappa shape index (κ1) is 36.3. The first-order chi connectivity index (χ1) is 22.6. The number of amides is 1. The Hall–Kier alpha value is -4.54. The minimum absolute atomic E-state index is 0.0747. The van der Waals surface area contributed by atoms with E-state index in [1.54, 1.807) is 62.0 Å². The summed E-state index contributed by atoms with van der Waals surface area (Å²) in [5.41, 5.74) is 3.71. The molecule has 0 spiro atoms. The number of ketones is 1. The maximum absolute atomic E-state index is 13.9. The number of aromatic nitrogens is 2. The molecule has 1 amide bonds. The summed E-state index contributed by atoms with van der Waals surface area (Å²) >= 11 is 7.55. The van der Waals surface area contributed by atoms with Gasteiger partial charge in [0, 0.05) is 23.7 Å². The monoisotopic (exact) mass is 692 g/mol. The van der Waals surface area contributed by atoms with Gasteiger partial charge in [0.15, 0.2) is 5.78 Å². The number of halogens is 3. The van der Waals surface area contributed by atoms with Crippen molar-refractivity contribution in [2.45, 2.75) is 60.1 Å². The van der Waals surface area contributed by atoms with Crippen LogP contribution in [0.1, 0.15) is 64.5 Å². The number of hydrogen-bond donors (Lipinski definition) is 2. The zero-order valence-electron chi connectivity index (χ0n) is 28.2. The molecular weight excluding hydrogens is 654 g/mol. The highest BCUT2D eigenvalue weighted by Crippen LogP contribution is 2.37. The summed E-state index contributed by atoms with van der Waals surface area (Å²) in [6.45, 7) is 13.0. The average molecular weight is 693 g/mol. The molecular formula is C37H39ClF2N4O3S. The predicted octanol–water partition coefficient (Wildman–Crippen LogP) is 9.61. The van der Waals surface area contributed by atoms with Crippen LogP contribution in [0.15, 0.2) is 72.1 Å². The van der Waals surface area contributed by atoms with Crippen molar-refractivity contribution in [2.24, 2.45) is 7.05 Å². The fraction of sp³-hybridized carbons (Fsp3) is 0.270. The lowest BCUT2D eigenvalue weighted by atomic mass is 9.90. The van der Waals surface area contributed by atoms with E-state index in [0.29, 0.717) is 38.8 Å². The van der Waals surface area contributed by atoms with Crippen molar-refractivity contribution in [2.75, 3.05) is 5.32 Å². The molecule has 2 N–H and O–H groups in total. The van der Waals surface area contributed by atoms with E-state index in [9.17, 15) is 18.4 Å². The van der Waals surface area contributed by atoms with Crippen LogP contribution in [0.2, 0.25) is 5.02 Å². The number of carbonyl (C=O) groups is 2. The van der Waals surface area contributed by atoms with Crippen molar-refractivity contribution in [3.8, 4) is 16.9 Å². The largest absolute Gasteiger partial charge is 0.491 e. The summed E-state index contributed by atoms with van der Waals surface area (Å²) in [4.78, 5) is 26.1. The molecule has 11 heteroatoms. The predicted molar refractivity (Wildman–Crippen MR) is 190 cm³/mol. The van der Waals surface area contributed by atoms with Gasteiger partial charge in [-0.1, -0.05) is 23.7 Å². The second-order valence-electron chi connectivity index (χ2n) is 12.1. The number of hydrogen-bond acceptors (Lipinski definition) is 6. The van der Waals surface area contributed by atoms with Gasteiger partial charge in [-0.3, -0.25) is 14.3 Å². The van der Waals surface area contributed by atoms with Crippen LogP contribution in [0.3, 0.4) is 0 Å². The fourth-order valence-corrected chi connectivity index (χ4v) is 6.16. The summed E-state index contributed by atoms with van der Waals surface area (Å²) in [7, 11) is 1.75. The topological polar surface area (TPSA) is 85.2 Å². The van der Waals surface area contributed by atoms with E-state index in [4.69, 9.17) is 16.3 Å². The van der Waals surface area contributed by atoms with Gasteiger partial charge < -0.3 is 15.4 Å². The lowest BCUT2D eigenvalue weighted by Crippen LogP contribution is -2.49. The third-order valence-corrected chi connectivity index (χ3v) is 8.75. The molecule has 48 heavy (non-hydrogen) atoms. The molecule has 0 radical (unpaired) electrons. The third kappa shape index (κ3) is 8.48. The van der Waals surface area contributed by atoms with E-state index in [-0.39, 0.29) is 28.6 Å². The smallest absolute Gasteiger partial charge is 0.262 e. The van der Waals surface area contributed by atoms with Gasteiger partial charge in [-0.15, -0.1) is 11.3 Å². The van der Waals surface area contributed by atoms with E-state index in [1.165, 1.54) is 29.5 Å². The minimum Gasteiger partial charge on any atom is -0.491 e. The Morgan fingerprint density at radius 2 is 1.69 bits per heavy atom. The molecule has 2 heterocycles. The van der Waals surface area contributed by atoms with Crippen LogP contribution >= 0.6 is 22.9 Å². The summed E-state index contributed by atoms with van der Waals surface area (Å²) in [5, 5.41) is 12.4. The SMILES string of the molecule is Cc1cc(OC(C)C)ccc1C(=O)C(C)(C)NC(=O)c1sccc1C.Cc1nn(C)c(Nc2ccccc2F)c1-c1ccc(F)cc1Cl.